The first-order chi connectivity index (χ1) is 9.85. The summed E-state index contributed by atoms with van der Waals surface area (Å²) in [6.07, 6.45) is 6.29. The number of sulfonamides is 1. The predicted octanol–water partition coefficient (Wildman–Crippen LogP) is 2.84. The maximum Gasteiger partial charge on any atom is 0.240 e. The van der Waals surface area contributed by atoms with Gasteiger partial charge in [0.05, 0.1) is 4.90 Å². The van der Waals surface area contributed by atoms with Gasteiger partial charge in [-0.15, -0.1) is 0 Å². The fraction of sp³-hybridized carbons (Fsp3) is 0.600. The SMILES string of the molecule is CSC1CCCCC1NS(=O)(=O)c1cc(C)c(C)c(N)c1. The first kappa shape index (κ1) is 16.6. The molecule has 0 aliphatic heterocycles. The van der Waals surface area contributed by atoms with Crippen LogP contribution in [0.15, 0.2) is 17.0 Å². The summed E-state index contributed by atoms with van der Waals surface area (Å²) in [6, 6.07) is 3.27. The van der Waals surface area contributed by atoms with E-state index in [4.69, 9.17) is 5.73 Å². The third-order valence-corrected chi connectivity index (χ3v) is 6.94. The summed E-state index contributed by atoms with van der Waals surface area (Å²) in [5, 5.41) is 0.359. The summed E-state index contributed by atoms with van der Waals surface area (Å²) in [7, 11) is -3.51. The molecule has 0 spiro atoms. The summed E-state index contributed by atoms with van der Waals surface area (Å²) in [6.45, 7) is 3.79. The van der Waals surface area contributed by atoms with Crippen molar-refractivity contribution < 1.29 is 8.42 Å². The lowest BCUT2D eigenvalue weighted by molar-refractivity contribution is 0.423. The standard InChI is InChI=1S/C15H24N2O2S2/c1-10-8-12(9-13(16)11(10)2)21(18,19)17-14-6-4-5-7-15(14)20-3/h8-9,14-15,17H,4-7,16H2,1-3H3. The average Bonchev–Trinajstić information content (AvgIpc) is 2.44. The number of benzene rings is 1. The zero-order chi connectivity index (χ0) is 15.6. The van der Waals surface area contributed by atoms with Crippen molar-refractivity contribution in [1.82, 2.24) is 4.72 Å². The van der Waals surface area contributed by atoms with Crippen molar-refractivity contribution in [2.75, 3.05) is 12.0 Å². The van der Waals surface area contributed by atoms with Crippen molar-refractivity contribution >= 4 is 27.5 Å². The molecule has 118 valence electrons. The molecule has 1 saturated carbocycles. The van der Waals surface area contributed by atoms with Gasteiger partial charge in [-0.05, 0) is 56.2 Å². The smallest absolute Gasteiger partial charge is 0.240 e. The number of hydrogen-bond acceptors (Lipinski definition) is 4. The van der Waals surface area contributed by atoms with Gasteiger partial charge >= 0.3 is 0 Å². The van der Waals surface area contributed by atoms with E-state index in [1.807, 2.05) is 20.1 Å². The molecule has 1 aliphatic carbocycles. The molecular formula is C15H24N2O2S2. The Morgan fingerprint density at radius 2 is 1.90 bits per heavy atom. The minimum absolute atomic E-state index is 0.0154. The fourth-order valence-electron chi connectivity index (χ4n) is 2.79. The number of rotatable bonds is 4. The van der Waals surface area contributed by atoms with Gasteiger partial charge in [0.15, 0.2) is 0 Å². The number of thioether (sulfide) groups is 1. The molecule has 1 fully saturated rings. The van der Waals surface area contributed by atoms with E-state index in [1.54, 1.807) is 23.9 Å². The van der Waals surface area contributed by atoms with Crippen LogP contribution in [-0.4, -0.2) is 26.0 Å². The molecule has 0 aromatic heterocycles. The monoisotopic (exact) mass is 328 g/mol. The van der Waals surface area contributed by atoms with Gasteiger partial charge in [0.25, 0.3) is 0 Å². The Hall–Kier alpha value is -0.720. The van der Waals surface area contributed by atoms with E-state index in [0.29, 0.717) is 10.9 Å². The predicted molar refractivity (Wildman–Crippen MR) is 90.2 cm³/mol. The van der Waals surface area contributed by atoms with E-state index in [-0.39, 0.29) is 10.9 Å². The minimum Gasteiger partial charge on any atom is -0.398 e. The van der Waals surface area contributed by atoms with Gasteiger partial charge in [0.2, 0.25) is 10.0 Å². The van der Waals surface area contributed by atoms with Crippen LogP contribution in [0.25, 0.3) is 0 Å². The van der Waals surface area contributed by atoms with Crippen LogP contribution in [0.4, 0.5) is 5.69 Å². The quantitative estimate of drug-likeness (QED) is 0.834. The lowest BCUT2D eigenvalue weighted by Gasteiger charge is -2.30. The van der Waals surface area contributed by atoms with Crippen LogP contribution in [0.5, 0.6) is 0 Å². The largest absolute Gasteiger partial charge is 0.398 e. The molecule has 2 rings (SSSR count). The summed E-state index contributed by atoms with van der Waals surface area (Å²) in [4.78, 5) is 0.272. The second-order valence-electron chi connectivity index (χ2n) is 5.74. The highest BCUT2D eigenvalue weighted by molar-refractivity contribution is 7.99. The van der Waals surface area contributed by atoms with E-state index in [2.05, 4.69) is 4.72 Å². The van der Waals surface area contributed by atoms with Crippen molar-refractivity contribution in [1.29, 1.82) is 0 Å². The van der Waals surface area contributed by atoms with Crippen molar-refractivity contribution in [2.24, 2.45) is 0 Å². The third kappa shape index (κ3) is 3.73. The summed E-state index contributed by atoms with van der Waals surface area (Å²) in [5.74, 6) is 0. The Kier molecular flexibility index (Phi) is 5.22. The highest BCUT2D eigenvalue weighted by Gasteiger charge is 2.29. The molecule has 6 heteroatoms. The van der Waals surface area contributed by atoms with E-state index in [0.717, 1.165) is 30.4 Å². The first-order valence-corrected chi connectivity index (χ1v) is 10.0. The maximum absolute atomic E-state index is 12.6. The van der Waals surface area contributed by atoms with Gasteiger partial charge in [-0.3, -0.25) is 0 Å². The van der Waals surface area contributed by atoms with E-state index >= 15 is 0 Å². The van der Waals surface area contributed by atoms with Gasteiger partial charge in [-0.2, -0.15) is 11.8 Å². The normalized spacial score (nSPS) is 23.2. The van der Waals surface area contributed by atoms with Crippen LogP contribution in [0.3, 0.4) is 0 Å². The Labute approximate surface area is 131 Å². The van der Waals surface area contributed by atoms with Gasteiger partial charge in [0.1, 0.15) is 0 Å². The molecule has 2 atom stereocenters. The van der Waals surface area contributed by atoms with Gasteiger partial charge < -0.3 is 5.73 Å². The molecule has 1 aromatic carbocycles. The van der Waals surface area contributed by atoms with Gasteiger partial charge in [0, 0.05) is 17.0 Å². The summed E-state index contributed by atoms with van der Waals surface area (Å²) in [5.41, 5.74) is 8.28. The van der Waals surface area contributed by atoms with Crippen molar-refractivity contribution in [3.8, 4) is 0 Å². The Morgan fingerprint density at radius 3 is 2.52 bits per heavy atom. The third-order valence-electron chi connectivity index (χ3n) is 4.30. The topological polar surface area (TPSA) is 72.2 Å². The number of nitrogens with one attached hydrogen (secondary N) is 1. The van der Waals surface area contributed by atoms with Crippen LogP contribution in [0, 0.1) is 13.8 Å². The van der Waals surface area contributed by atoms with Crippen LogP contribution < -0.4 is 10.5 Å². The molecule has 21 heavy (non-hydrogen) atoms. The Morgan fingerprint density at radius 1 is 1.24 bits per heavy atom. The van der Waals surface area contributed by atoms with Crippen LogP contribution >= 0.6 is 11.8 Å². The molecule has 4 nitrogen and oxygen atoms in total. The zero-order valence-corrected chi connectivity index (χ0v) is 14.5. The number of hydrogen-bond donors (Lipinski definition) is 2. The van der Waals surface area contributed by atoms with Crippen molar-refractivity contribution in [3.63, 3.8) is 0 Å². The summed E-state index contributed by atoms with van der Waals surface area (Å²) >= 11 is 1.75. The lowest BCUT2D eigenvalue weighted by Crippen LogP contribution is -2.43. The molecule has 1 aliphatic rings. The van der Waals surface area contributed by atoms with E-state index < -0.39 is 10.0 Å². The first-order valence-electron chi connectivity index (χ1n) is 7.27. The van der Waals surface area contributed by atoms with Gasteiger partial charge in [-0.1, -0.05) is 12.8 Å². The number of anilines is 1. The van der Waals surface area contributed by atoms with Crippen LogP contribution in [0.1, 0.15) is 36.8 Å². The molecule has 0 radical (unpaired) electrons. The molecule has 3 N–H and O–H groups in total. The fourth-order valence-corrected chi connectivity index (χ4v) is 5.24. The zero-order valence-electron chi connectivity index (χ0n) is 12.8. The highest BCUT2D eigenvalue weighted by Crippen LogP contribution is 2.29. The molecule has 0 amide bonds. The maximum atomic E-state index is 12.6. The van der Waals surface area contributed by atoms with Crippen molar-refractivity contribution in [3.05, 3.63) is 23.3 Å². The second-order valence-corrected chi connectivity index (χ2v) is 8.53. The minimum atomic E-state index is -3.51. The average molecular weight is 329 g/mol. The van der Waals surface area contributed by atoms with E-state index in [1.165, 1.54) is 6.42 Å². The van der Waals surface area contributed by atoms with E-state index in [9.17, 15) is 8.42 Å². The number of nitrogen functional groups attached to an aromatic ring is 1. The molecule has 0 bridgehead atoms. The Bertz CT molecular complexity index is 591. The number of aryl methyl sites for hydroxylation is 1. The molecule has 2 unspecified atom stereocenters. The number of nitrogens with two attached hydrogens (primary N) is 1. The van der Waals surface area contributed by atoms with Crippen LogP contribution in [0.2, 0.25) is 0 Å². The van der Waals surface area contributed by atoms with Gasteiger partial charge in [-0.25, -0.2) is 13.1 Å². The summed E-state index contributed by atoms with van der Waals surface area (Å²) < 4.78 is 28.1. The lowest BCUT2D eigenvalue weighted by atomic mass is 9.96. The molecule has 0 saturated heterocycles. The molecular weight excluding hydrogens is 304 g/mol. The molecule has 1 aromatic rings. The highest BCUT2D eigenvalue weighted by atomic mass is 32.2. The second kappa shape index (κ2) is 6.58. The molecule has 0 heterocycles. The Balaban J connectivity index is 2.26. The van der Waals surface area contributed by atoms with Crippen molar-refractivity contribution in [2.45, 2.75) is 55.7 Å². The van der Waals surface area contributed by atoms with Crippen LogP contribution in [-0.2, 0) is 10.0 Å².